The van der Waals surface area contributed by atoms with Crippen molar-refractivity contribution in [2.75, 3.05) is 5.32 Å². The van der Waals surface area contributed by atoms with E-state index in [4.69, 9.17) is 0 Å². The van der Waals surface area contributed by atoms with E-state index in [1.54, 1.807) is 19.1 Å². The van der Waals surface area contributed by atoms with Gasteiger partial charge in [-0.05, 0) is 24.5 Å². The zero-order valence-corrected chi connectivity index (χ0v) is 15.7. The number of anilines is 1. The van der Waals surface area contributed by atoms with Gasteiger partial charge >= 0.3 is 0 Å². The van der Waals surface area contributed by atoms with Crippen molar-refractivity contribution in [2.45, 2.75) is 26.2 Å². The zero-order chi connectivity index (χ0) is 19.4. The summed E-state index contributed by atoms with van der Waals surface area (Å²) < 4.78 is 0. The van der Waals surface area contributed by atoms with Crippen LogP contribution in [0.2, 0.25) is 0 Å². The molecule has 7 nitrogen and oxygen atoms in total. The number of rotatable bonds is 6. The molecule has 2 aromatic carbocycles. The summed E-state index contributed by atoms with van der Waals surface area (Å²) in [6.45, 7) is 3.70. The van der Waals surface area contributed by atoms with Gasteiger partial charge in [0.15, 0.2) is 0 Å². The molecule has 0 aliphatic rings. The van der Waals surface area contributed by atoms with E-state index < -0.39 is 10.8 Å². The minimum absolute atomic E-state index is 0.00871. The molecule has 3 rings (SSSR count). The maximum atomic E-state index is 12.5. The van der Waals surface area contributed by atoms with Crippen molar-refractivity contribution in [2.24, 2.45) is 0 Å². The van der Waals surface area contributed by atoms with E-state index in [0.29, 0.717) is 17.1 Å². The third-order valence-electron chi connectivity index (χ3n) is 4.20. The first-order chi connectivity index (χ1) is 13.0. The molecule has 0 saturated carbocycles. The minimum atomic E-state index is -0.566. The van der Waals surface area contributed by atoms with Gasteiger partial charge in [-0.3, -0.25) is 20.2 Å². The monoisotopic (exact) mass is 382 g/mol. The number of nitrogens with zero attached hydrogens (tertiary/aromatic N) is 3. The van der Waals surface area contributed by atoms with Crippen molar-refractivity contribution in [3.63, 3.8) is 0 Å². The second-order valence-electron chi connectivity index (χ2n) is 6.20. The second-order valence-corrected chi connectivity index (χ2v) is 7.26. The average Bonchev–Trinajstić information content (AvgIpc) is 3.08. The van der Waals surface area contributed by atoms with Gasteiger partial charge in [-0.25, -0.2) is 0 Å². The number of hydrogen-bond acceptors (Lipinski definition) is 6. The maximum Gasteiger partial charge on any atom is 0.285 e. The van der Waals surface area contributed by atoms with Crippen LogP contribution in [0.1, 0.15) is 39.3 Å². The van der Waals surface area contributed by atoms with Crippen molar-refractivity contribution in [1.29, 1.82) is 0 Å². The molecule has 1 N–H and O–H groups in total. The fraction of sp³-hybridized carbons (Fsp3) is 0.211. The third-order valence-corrected chi connectivity index (χ3v) is 5.06. The first-order valence-electron chi connectivity index (χ1n) is 8.38. The van der Waals surface area contributed by atoms with Crippen LogP contribution in [0.15, 0.2) is 48.5 Å². The highest BCUT2D eigenvalue weighted by molar-refractivity contribution is 7.15. The van der Waals surface area contributed by atoms with Crippen molar-refractivity contribution in [3.8, 4) is 0 Å². The van der Waals surface area contributed by atoms with Gasteiger partial charge in [0.05, 0.1) is 4.92 Å². The molecule has 0 aliphatic heterocycles. The number of hydrogen-bond donors (Lipinski definition) is 1. The molecule has 3 aromatic rings. The number of amides is 1. The van der Waals surface area contributed by atoms with Crippen LogP contribution in [0.5, 0.6) is 0 Å². The van der Waals surface area contributed by atoms with E-state index in [1.165, 1.54) is 23.0 Å². The van der Waals surface area contributed by atoms with Crippen molar-refractivity contribution in [3.05, 3.63) is 80.3 Å². The molecule has 0 fully saturated rings. The molecule has 0 saturated heterocycles. The Hall–Kier alpha value is -3.13. The van der Waals surface area contributed by atoms with Gasteiger partial charge in [-0.2, -0.15) is 0 Å². The fourth-order valence-corrected chi connectivity index (χ4v) is 3.66. The van der Waals surface area contributed by atoms with Crippen LogP contribution >= 0.6 is 11.3 Å². The summed E-state index contributed by atoms with van der Waals surface area (Å²) in [7, 11) is 0. The maximum absolute atomic E-state index is 12.5. The third kappa shape index (κ3) is 4.35. The summed E-state index contributed by atoms with van der Waals surface area (Å²) in [5.41, 5.74) is 1.45. The number of para-hydroxylation sites is 1. The summed E-state index contributed by atoms with van der Waals surface area (Å²) in [6, 6.07) is 14.7. The summed E-state index contributed by atoms with van der Waals surface area (Å²) in [5, 5.41) is 23.1. The molecule has 0 unspecified atom stereocenters. The normalized spacial score (nSPS) is 11.8. The Morgan fingerprint density at radius 2 is 1.93 bits per heavy atom. The smallest absolute Gasteiger partial charge is 0.285 e. The minimum Gasteiger partial charge on any atom is -0.296 e. The van der Waals surface area contributed by atoms with Crippen molar-refractivity contribution in [1.82, 2.24) is 10.2 Å². The van der Waals surface area contributed by atoms with E-state index in [0.717, 1.165) is 5.01 Å². The Kier molecular flexibility index (Phi) is 5.56. The molecular weight excluding hydrogens is 364 g/mol. The van der Waals surface area contributed by atoms with Gasteiger partial charge in [0.2, 0.25) is 5.13 Å². The van der Waals surface area contributed by atoms with Gasteiger partial charge in [-0.1, -0.05) is 60.7 Å². The van der Waals surface area contributed by atoms with Gasteiger partial charge in [0.1, 0.15) is 10.6 Å². The SMILES string of the molecule is Cc1cccc(C(=O)Nc2nnc(C[C@H](C)c3ccccc3)s2)c1[N+](=O)[O-]. The van der Waals surface area contributed by atoms with Crippen LogP contribution in [-0.2, 0) is 6.42 Å². The molecule has 0 spiro atoms. The van der Waals surface area contributed by atoms with E-state index >= 15 is 0 Å². The lowest BCUT2D eigenvalue weighted by atomic mass is 9.98. The largest absolute Gasteiger partial charge is 0.296 e. The van der Waals surface area contributed by atoms with Crippen LogP contribution in [-0.4, -0.2) is 21.0 Å². The molecule has 1 heterocycles. The Morgan fingerprint density at radius 3 is 2.63 bits per heavy atom. The van der Waals surface area contributed by atoms with E-state index in [9.17, 15) is 14.9 Å². The van der Waals surface area contributed by atoms with Crippen LogP contribution in [0, 0.1) is 17.0 Å². The van der Waals surface area contributed by atoms with Crippen LogP contribution < -0.4 is 5.32 Å². The van der Waals surface area contributed by atoms with Crippen LogP contribution in [0.3, 0.4) is 0 Å². The summed E-state index contributed by atoms with van der Waals surface area (Å²) in [4.78, 5) is 23.2. The summed E-state index contributed by atoms with van der Waals surface area (Å²) in [6.07, 6.45) is 0.697. The Bertz CT molecular complexity index is 972. The molecule has 0 bridgehead atoms. The molecular formula is C19H18N4O3S. The van der Waals surface area contributed by atoms with E-state index in [1.807, 2.05) is 18.2 Å². The lowest BCUT2D eigenvalue weighted by Crippen LogP contribution is -2.14. The van der Waals surface area contributed by atoms with Gasteiger partial charge in [0.25, 0.3) is 11.6 Å². The van der Waals surface area contributed by atoms with Gasteiger partial charge in [-0.15, -0.1) is 10.2 Å². The molecule has 1 aromatic heterocycles. The van der Waals surface area contributed by atoms with Crippen molar-refractivity contribution < 1.29 is 9.72 Å². The number of nitro groups is 1. The van der Waals surface area contributed by atoms with E-state index in [-0.39, 0.29) is 17.2 Å². The summed E-state index contributed by atoms with van der Waals surface area (Å²) in [5.74, 6) is -0.301. The standard InChI is InChI=1S/C19H18N4O3S/c1-12-7-6-10-15(17(12)23(25)26)18(24)20-19-22-21-16(27-19)11-13(2)14-8-4-3-5-9-14/h3-10,13H,11H2,1-2H3,(H,20,22,24)/t13-/m0/s1. The number of carbonyl (C=O) groups is 1. The zero-order valence-electron chi connectivity index (χ0n) is 14.9. The molecule has 8 heteroatoms. The van der Waals surface area contributed by atoms with Crippen molar-refractivity contribution >= 4 is 28.1 Å². The number of aryl methyl sites for hydroxylation is 1. The highest BCUT2D eigenvalue weighted by Gasteiger charge is 2.23. The highest BCUT2D eigenvalue weighted by atomic mass is 32.1. The second kappa shape index (κ2) is 8.05. The highest BCUT2D eigenvalue weighted by Crippen LogP contribution is 2.26. The topological polar surface area (TPSA) is 98.0 Å². The fourth-order valence-electron chi connectivity index (χ4n) is 2.80. The molecule has 1 amide bonds. The lowest BCUT2D eigenvalue weighted by Gasteiger charge is -2.08. The average molecular weight is 382 g/mol. The first kappa shape index (κ1) is 18.7. The Morgan fingerprint density at radius 1 is 1.19 bits per heavy atom. The van der Waals surface area contributed by atoms with Gasteiger partial charge < -0.3 is 0 Å². The predicted octanol–water partition coefficient (Wildman–Crippen LogP) is 4.35. The number of aromatic nitrogens is 2. The number of benzene rings is 2. The van der Waals surface area contributed by atoms with Crippen LogP contribution in [0.25, 0.3) is 0 Å². The van der Waals surface area contributed by atoms with Gasteiger partial charge in [0, 0.05) is 12.0 Å². The Labute approximate surface area is 160 Å². The Balaban J connectivity index is 1.72. The molecule has 138 valence electrons. The first-order valence-corrected chi connectivity index (χ1v) is 9.20. The summed E-state index contributed by atoms with van der Waals surface area (Å²) >= 11 is 1.27. The number of nitrogens with one attached hydrogen (secondary N) is 1. The number of carbonyl (C=O) groups excluding carboxylic acids is 1. The predicted molar refractivity (Wildman–Crippen MR) is 104 cm³/mol. The van der Waals surface area contributed by atoms with Crippen LogP contribution in [0.4, 0.5) is 10.8 Å². The molecule has 1 atom stereocenters. The molecule has 0 radical (unpaired) electrons. The quantitative estimate of drug-likeness (QED) is 0.505. The molecule has 27 heavy (non-hydrogen) atoms. The number of nitro benzene ring substituents is 1. The molecule has 0 aliphatic carbocycles. The lowest BCUT2D eigenvalue weighted by molar-refractivity contribution is -0.385. The van der Waals surface area contributed by atoms with E-state index in [2.05, 4.69) is 34.6 Å².